The third-order valence-electron chi connectivity index (χ3n) is 2.94. The fraction of sp³-hybridized carbons (Fsp3) is 0.286. The number of carbonyl (C=O) groups excluding carboxylic acids is 1. The minimum atomic E-state index is -0.994. The Kier molecular flexibility index (Phi) is 5.03. The van der Waals surface area contributed by atoms with Crippen LogP contribution in [0.1, 0.15) is 16.8 Å². The van der Waals surface area contributed by atoms with Gasteiger partial charge in [0.25, 0.3) is 5.91 Å². The van der Waals surface area contributed by atoms with Crippen molar-refractivity contribution in [2.75, 3.05) is 12.0 Å². The van der Waals surface area contributed by atoms with Crippen molar-refractivity contribution in [2.24, 2.45) is 0 Å². The van der Waals surface area contributed by atoms with E-state index in [1.807, 2.05) is 30.5 Å². The lowest BCUT2D eigenvalue weighted by Gasteiger charge is -2.13. The van der Waals surface area contributed by atoms with Crippen LogP contribution in [0, 0.1) is 0 Å². The lowest BCUT2D eigenvalue weighted by molar-refractivity contribution is -0.139. The fourth-order valence-electron chi connectivity index (χ4n) is 1.88. The summed E-state index contributed by atoms with van der Waals surface area (Å²) in [5, 5.41) is 14.4. The Morgan fingerprint density at radius 1 is 1.40 bits per heavy atom. The van der Waals surface area contributed by atoms with E-state index in [1.54, 1.807) is 17.1 Å². The number of thiophene rings is 1. The Hall–Kier alpha value is -1.53. The number of rotatable bonds is 6. The smallest absolute Gasteiger partial charge is 0.326 e. The van der Waals surface area contributed by atoms with E-state index in [4.69, 9.17) is 5.11 Å². The van der Waals surface area contributed by atoms with Crippen molar-refractivity contribution >= 4 is 45.1 Å². The predicted octanol–water partition coefficient (Wildman–Crippen LogP) is 2.84. The number of aliphatic carboxylic acids is 1. The largest absolute Gasteiger partial charge is 0.480 e. The van der Waals surface area contributed by atoms with E-state index in [2.05, 4.69) is 5.32 Å². The van der Waals surface area contributed by atoms with Gasteiger partial charge in [0.2, 0.25) is 0 Å². The maximum Gasteiger partial charge on any atom is 0.326 e. The zero-order valence-corrected chi connectivity index (χ0v) is 12.6. The molecule has 2 aromatic rings. The number of carbonyl (C=O) groups is 2. The maximum absolute atomic E-state index is 12.2. The molecule has 1 aromatic carbocycles. The highest BCUT2D eigenvalue weighted by atomic mass is 32.2. The topological polar surface area (TPSA) is 66.4 Å². The molecule has 0 saturated heterocycles. The van der Waals surface area contributed by atoms with Crippen LogP contribution >= 0.6 is 23.1 Å². The molecule has 0 aliphatic rings. The van der Waals surface area contributed by atoms with Crippen molar-refractivity contribution in [3.05, 3.63) is 35.2 Å². The van der Waals surface area contributed by atoms with Gasteiger partial charge in [-0.2, -0.15) is 11.8 Å². The molecule has 1 unspecified atom stereocenters. The van der Waals surface area contributed by atoms with Gasteiger partial charge in [0.15, 0.2) is 0 Å². The molecule has 0 spiro atoms. The molecule has 106 valence electrons. The molecule has 0 aliphatic heterocycles. The Morgan fingerprint density at radius 3 is 2.85 bits per heavy atom. The Bertz CT molecular complexity index is 624. The zero-order valence-electron chi connectivity index (χ0n) is 11.0. The standard InChI is InChI=1S/C14H15NO3S2/c1-19-7-6-11(14(17)18)15-13(16)10-8-20-12-5-3-2-4-9(10)12/h2-5,8,11H,6-7H2,1H3,(H,15,16)(H,17,18). The van der Waals surface area contributed by atoms with Crippen LogP contribution in [0.5, 0.6) is 0 Å². The van der Waals surface area contributed by atoms with Gasteiger partial charge in [-0.15, -0.1) is 11.3 Å². The first kappa shape index (κ1) is 14.9. The number of carboxylic acid groups (broad SMARTS) is 1. The summed E-state index contributed by atoms with van der Waals surface area (Å²) in [4.78, 5) is 23.4. The quantitative estimate of drug-likeness (QED) is 0.861. The molecule has 1 atom stereocenters. The minimum Gasteiger partial charge on any atom is -0.480 e. The molecule has 20 heavy (non-hydrogen) atoms. The van der Waals surface area contributed by atoms with Crippen LogP contribution in [0.15, 0.2) is 29.6 Å². The maximum atomic E-state index is 12.2. The van der Waals surface area contributed by atoms with Gasteiger partial charge in [-0.05, 0) is 24.5 Å². The second kappa shape index (κ2) is 6.76. The highest BCUT2D eigenvalue weighted by Gasteiger charge is 2.21. The highest BCUT2D eigenvalue weighted by Crippen LogP contribution is 2.25. The Morgan fingerprint density at radius 2 is 2.15 bits per heavy atom. The van der Waals surface area contributed by atoms with Gasteiger partial charge in [0, 0.05) is 15.5 Å². The third kappa shape index (κ3) is 3.32. The number of carboxylic acids is 1. The lowest BCUT2D eigenvalue weighted by Crippen LogP contribution is -2.41. The molecule has 0 fully saturated rings. The summed E-state index contributed by atoms with van der Waals surface area (Å²) in [7, 11) is 0. The van der Waals surface area contributed by atoms with Crippen LogP contribution in [0.3, 0.4) is 0 Å². The van der Waals surface area contributed by atoms with Gasteiger partial charge in [0.05, 0.1) is 5.56 Å². The van der Waals surface area contributed by atoms with E-state index in [0.29, 0.717) is 17.7 Å². The summed E-state index contributed by atoms with van der Waals surface area (Å²) in [6.07, 6.45) is 2.33. The van der Waals surface area contributed by atoms with E-state index in [1.165, 1.54) is 11.3 Å². The fourth-order valence-corrected chi connectivity index (χ4v) is 3.30. The van der Waals surface area contributed by atoms with Gasteiger partial charge in [-0.3, -0.25) is 4.79 Å². The van der Waals surface area contributed by atoms with Crippen LogP contribution in [-0.2, 0) is 4.79 Å². The van der Waals surface area contributed by atoms with Crippen molar-refractivity contribution in [3.8, 4) is 0 Å². The molecule has 1 heterocycles. The van der Waals surface area contributed by atoms with Crippen LogP contribution in [0.4, 0.5) is 0 Å². The van der Waals surface area contributed by atoms with Gasteiger partial charge in [-0.1, -0.05) is 18.2 Å². The van der Waals surface area contributed by atoms with Crippen molar-refractivity contribution in [1.29, 1.82) is 0 Å². The third-order valence-corrected chi connectivity index (χ3v) is 4.55. The van der Waals surface area contributed by atoms with E-state index in [9.17, 15) is 9.59 Å². The van der Waals surface area contributed by atoms with Gasteiger partial charge in [-0.25, -0.2) is 4.79 Å². The number of nitrogens with one attached hydrogen (secondary N) is 1. The molecular formula is C14H15NO3S2. The Balaban J connectivity index is 2.16. The molecule has 4 nitrogen and oxygen atoms in total. The first-order chi connectivity index (χ1) is 9.63. The average Bonchev–Trinajstić information content (AvgIpc) is 2.87. The first-order valence-electron chi connectivity index (χ1n) is 6.12. The number of fused-ring (bicyclic) bond motifs is 1. The van der Waals surface area contributed by atoms with Crippen LogP contribution in [0.2, 0.25) is 0 Å². The van der Waals surface area contributed by atoms with E-state index >= 15 is 0 Å². The van der Waals surface area contributed by atoms with Gasteiger partial charge >= 0.3 is 5.97 Å². The second-order valence-corrected chi connectivity index (χ2v) is 6.19. The van der Waals surface area contributed by atoms with Crippen molar-refractivity contribution in [1.82, 2.24) is 5.32 Å². The molecule has 1 amide bonds. The summed E-state index contributed by atoms with van der Waals surface area (Å²) in [6.45, 7) is 0. The number of benzene rings is 1. The summed E-state index contributed by atoms with van der Waals surface area (Å²) in [6, 6.07) is 6.76. The molecule has 2 N–H and O–H groups in total. The van der Waals surface area contributed by atoms with E-state index in [-0.39, 0.29) is 5.91 Å². The summed E-state index contributed by atoms with van der Waals surface area (Å²) < 4.78 is 1.02. The SMILES string of the molecule is CSCCC(NC(=O)c1csc2ccccc12)C(=O)O. The lowest BCUT2D eigenvalue weighted by atomic mass is 10.1. The van der Waals surface area contributed by atoms with Crippen molar-refractivity contribution in [3.63, 3.8) is 0 Å². The first-order valence-corrected chi connectivity index (χ1v) is 8.39. The normalized spacial score (nSPS) is 12.2. The summed E-state index contributed by atoms with van der Waals surface area (Å²) >= 11 is 3.05. The summed E-state index contributed by atoms with van der Waals surface area (Å²) in [5.41, 5.74) is 0.543. The van der Waals surface area contributed by atoms with Gasteiger partial charge < -0.3 is 10.4 Å². The molecule has 0 bridgehead atoms. The molecule has 2 rings (SSSR count). The predicted molar refractivity (Wildman–Crippen MR) is 83.7 cm³/mol. The summed E-state index contributed by atoms with van der Waals surface area (Å²) in [5.74, 6) is -0.621. The number of hydrogen-bond acceptors (Lipinski definition) is 4. The number of amides is 1. The van der Waals surface area contributed by atoms with E-state index < -0.39 is 12.0 Å². The van der Waals surface area contributed by atoms with Crippen molar-refractivity contribution < 1.29 is 14.7 Å². The Labute approximate surface area is 125 Å². The molecule has 0 radical (unpaired) electrons. The number of thioether (sulfide) groups is 1. The molecule has 1 aromatic heterocycles. The minimum absolute atomic E-state index is 0.323. The van der Waals surface area contributed by atoms with E-state index in [0.717, 1.165) is 10.1 Å². The monoisotopic (exact) mass is 309 g/mol. The van der Waals surface area contributed by atoms with Crippen LogP contribution in [0.25, 0.3) is 10.1 Å². The van der Waals surface area contributed by atoms with Crippen LogP contribution < -0.4 is 5.32 Å². The average molecular weight is 309 g/mol. The zero-order chi connectivity index (χ0) is 14.5. The highest BCUT2D eigenvalue weighted by molar-refractivity contribution is 7.98. The molecule has 0 aliphatic carbocycles. The van der Waals surface area contributed by atoms with Crippen LogP contribution in [-0.4, -0.2) is 35.0 Å². The number of hydrogen-bond donors (Lipinski definition) is 2. The molecular weight excluding hydrogens is 294 g/mol. The van der Waals surface area contributed by atoms with Crippen molar-refractivity contribution in [2.45, 2.75) is 12.5 Å². The molecule has 6 heteroatoms. The molecule has 0 saturated carbocycles. The second-order valence-electron chi connectivity index (χ2n) is 4.29. The van der Waals surface area contributed by atoms with Gasteiger partial charge in [0.1, 0.15) is 6.04 Å².